The number of allylic oxidation sites excluding steroid dienone is 20. The van der Waals surface area contributed by atoms with Crippen LogP contribution in [-0.2, 0) is 55.8 Å². The second kappa shape index (κ2) is 81.4. The molecule has 0 saturated heterocycles. The largest absolute Gasteiger partial charge is 0.472 e. The van der Waals surface area contributed by atoms with E-state index in [1.165, 1.54) is 173 Å². The third-order valence-electron chi connectivity index (χ3n) is 18.2. The summed E-state index contributed by atoms with van der Waals surface area (Å²) >= 11 is 0. The zero-order valence-electron chi connectivity index (χ0n) is 67.8. The molecule has 0 aromatic heterocycles. The average molecular weight is 1540 g/mol. The lowest BCUT2D eigenvalue weighted by Gasteiger charge is -2.21. The molecule has 0 rings (SSSR count). The molecule has 0 fully saturated rings. The molecule has 0 amide bonds. The molecule has 0 spiro atoms. The number of carbonyl (C=O) groups excluding carboxylic acids is 3. The molecule has 0 heterocycles. The Hall–Kier alpha value is -4.05. The number of aliphatic hydroxyl groups is 2. The zero-order chi connectivity index (χ0) is 78.0. The van der Waals surface area contributed by atoms with Crippen LogP contribution < -0.4 is 0 Å². The van der Waals surface area contributed by atoms with Crippen molar-refractivity contribution in [3.63, 3.8) is 0 Å². The van der Waals surface area contributed by atoms with E-state index in [0.717, 1.165) is 135 Å². The summed E-state index contributed by atoms with van der Waals surface area (Å²) in [6, 6.07) is 0. The quantitative estimate of drug-likeness (QED) is 0.0146. The van der Waals surface area contributed by atoms with E-state index >= 15 is 0 Å². The zero-order valence-corrected chi connectivity index (χ0v) is 69.6. The van der Waals surface area contributed by atoms with Crippen molar-refractivity contribution < 1.29 is 75.8 Å². The lowest BCUT2D eigenvalue weighted by atomic mass is 10.0. The number of carbonyl (C=O) groups is 3. The summed E-state index contributed by atoms with van der Waals surface area (Å²) in [5, 5.41) is 20.7. The van der Waals surface area contributed by atoms with Crippen LogP contribution in [0.3, 0.4) is 0 Å². The Labute approximate surface area is 653 Å². The molecule has 107 heavy (non-hydrogen) atoms. The van der Waals surface area contributed by atoms with Crippen LogP contribution in [0.25, 0.3) is 0 Å². The number of hydrogen-bond donors (Lipinski definition) is 4. The molecule has 0 radical (unpaired) electrons. The number of unbranched alkanes of at least 4 members (excludes halogenated alkanes) is 38. The monoisotopic (exact) mass is 1540 g/mol. The van der Waals surface area contributed by atoms with Crippen LogP contribution in [0.1, 0.15) is 367 Å². The number of rotatable bonds is 81. The van der Waals surface area contributed by atoms with Gasteiger partial charge in [0.25, 0.3) is 0 Å². The summed E-state index contributed by atoms with van der Waals surface area (Å²) in [6.45, 7) is 2.57. The van der Waals surface area contributed by atoms with Crippen molar-refractivity contribution in [3.8, 4) is 0 Å². The standard InChI is InChI=1S/C89H156O16P2/c1-4-7-10-13-16-19-22-25-28-30-32-34-35-36-37-38-39-40-41-42-43-44-45-46-47-49-51-52-55-57-60-63-66-69-72-75-87(92)99-78-84(90)79-101-106(95,96)102-80-85(91)81-103-107(97,98)104-83-86(105-89(94)77-74-71-68-65-62-59-54-27-24-21-18-15-12-9-6-3)82-100-88(93)76-73-70-67-64-61-58-56-53-50-48-33-31-29-26-23-20-17-14-11-8-5-2/h7,10,16-17,19-20,25-26,28-29,32-34,36-37,39-40,48,53,56,84-86,90-91H,4-6,8-9,11-15,18,21-24,27,30-31,35,38,41-47,49-52,54-55,57-83H2,1-3H3,(H,95,96)(H,97,98)/b10-7-,19-16-,20-17-,28-25-,29-26-,34-32-,37-36-,40-39-,48-33-,56-53-. The molecule has 0 saturated carbocycles. The predicted molar refractivity (Wildman–Crippen MR) is 445 cm³/mol. The fraction of sp³-hybridized carbons (Fsp3) is 0.742. The molecule has 18 heteroatoms. The first-order valence-electron chi connectivity index (χ1n) is 42.8. The Morgan fingerprint density at radius 1 is 0.271 bits per heavy atom. The van der Waals surface area contributed by atoms with Gasteiger partial charge in [0.1, 0.15) is 25.4 Å². The predicted octanol–water partition coefficient (Wildman–Crippen LogP) is 25.7. The first kappa shape index (κ1) is 103. The van der Waals surface area contributed by atoms with Crippen molar-refractivity contribution in [3.05, 3.63) is 122 Å². The van der Waals surface area contributed by atoms with Gasteiger partial charge in [0.15, 0.2) is 6.10 Å². The van der Waals surface area contributed by atoms with E-state index in [-0.39, 0.29) is 19.3 Å². The second-order valence-electron chi connectivity index (χ2n) is 28.6. The first-order valence-corrected chi connectivity index (χ1v) is 45.8. The van der Waals surface area contributed by atoms with Gasteiger partial charge in [-0.25, -0.2) is 9.13 Å². The Morgan fingerprint density at radius 2 is 0.495 bits per heavy atom. The van der Waals surface area contributed by atoms with Crippen molar-refractivity contribution >= 4 is 33.6 Å². The molecule has 0 aromatic carbocycles. The van der Waals surface area contributed by atoms with E-state index in [1.54, 1.807) is 0 Å². The highest BCUT2D eigenvalue weighted by molar-refractivity contribution is 7.47. The molecule has 0 aromatic rings. The maximum atomic E-state index is 13.0. The minimum atomic E-state index is -4.93. The normalized spacial score (nSPS) is 14.5. The van der Waals surface area contributed by atoms with E-state index in [2.05, 4.69) is 142 Å². The minimum absolute atomic E-state index is 0.103. The van der Waals surface area contributed by atoms with Gasteiger partial charge in [-0.05, 0) is 116 Å². The van der Waals surface area contributed by atoms with Crippen LogP contribution in [0.4, 0.5) is 0 Å². The Balaban J connectivity index is 4.43. The lowest BCUT2D eigenvalue weighted by molar-refractivity contribution is -0.161. The number of phosphoric acid groups is 2. The molecule has 4 N–H and O–H groups in total. The molecule has 0 aliphatic rings. The maximum absolute atomic E-state index is 13.0. The van der Waals surface area contributed by atoms with E-state index in [9.17, 15) is 43.5 Å². The number of phosphoric ester groups is 2. The van der Waals surface area contributed by atoms with Crippen molar-refractivity contribution in [2.45, 2.75) is 386 Å². The van der Waals surface area contributed by atoms with Gasteiger partial charge in [0, 0.05) is 19.3 Å². The fourth-order valence-electron chi connectivity index (χ4n) is 11.7. The topological polar surface area (TPSA) is 231 Å². The van der Waals surface area contributed by atoms with Crippen molar-refractivity contribution in [2.75, 3.05) is 39.6 Å². The Morgan fingerprint density at radius 3 is 0.804 bits per heavy atom. The van der Waals surface area contributed by atoms with Gasteiger partial charge in [-0.1, -0.05) is 354 Å². The minimum Gasteiger partial charge on any atom is -0.463 e. The smallest absolute Gasteiger partial charge is 0.463 e. The van der Waals surface area contributed by atoms with Gasteiger partial charge < -0.3 is 34.2 Å². The van der Waals surface area contributed by atoms with Crippen LogP contribution in [0.5, 0.6) is 0 Å². The third-order valence-corrected chi connectivity index (χ3v) is 20.1. The van der Waals surface area contributed by atoms with Gasteiger partial charge >= 0.3 is 33.6 Å². The average Bonchev–Trinajstić information content (AvgIpc) is 0.906. The first-order chi connectivity index (χ1) is 52.2. The summed E-state index contributed by atoms with van der Waals surface area (Å²) in [5.74, 6) is -1.58. The van der Waals surface area contributed by atoms with Crippen molar-refractivity contribution in [1.82, 2.24) is 0 Å². The van der Waals surface area contributed by atoms with E-state index in [1.807, 2.05) is 0 Å². The van der Waals surface area contributed by atoms with E-state index < -0.39 is 91.5 Å². The van der Waals surface area contributed by atoms with E-state index in [4.69, 9.17) is 32.3 Å². The van der Waals surface area contributed by atoms with Crippen LogP contribution in [-0.4, -0.2) is 95.9 Å². The van der Waals surface area contributed by atoms with E-state index in [0.29, 0.717) is 19.3 Å². The number of esters is 3. The highest BCUT2D eigenvalue weighted by Crippen LogP contribution is 2.45. The fourth-order valence-corrected chi connectivity index (χ4v) is 13.3. The Kier molecular flexibility index (Phi) is 78.4. The molecule has 5 unspecified atom stereocenters. The van der Waals surface area contributed by atoms with Crippen LogP contribution in [0.2, 0.25) is 0 Å². The molecule has 0 aliphatic carbocycles. The van der Waals surface area contributed by atoms with Crippen LogP contribution in [0, 0.1) is 0 Å². The molecule has 16 nitrogen and oxygen atoms in total. The molecule has 5 atom stereocenters. The number of aliphatic hydroxyl groups excluding tert-OH is 2. The SMILES string of the molecule is CC/C=C\C/C=C\C/C=C\C/C=C\C/C=C\C/C=C\CCCCCCCCCCCCCCCCCCC(=O)OCC(O)COP(=O)(O)OCC(O)COP(=O)(O)OCC(COC(=O)CCCCCCC/C=C\C/C=C\C/C=C\C/C=C\CCCCC)OC(=O)CCCCCCCCCCCCCCCCC. The molecule has 0 bridgehead atoms. The summed E-state index contributed by atoms with van der Waals surface area (Å²) in [4.78, 5) is 58.7. The highest BCUT2D eigenvalue weighted by atomic mass is 31.2. The number of ether oxygens (including phenoxy) is 3. The summed E-state index contributed by atoms with van der Waals surface area (Å²) in [6.07, 6.45) is 98.2. The third kappa shape index (κ3) is 82.7. The van der Waals surface area contributed by atoms with Gasteiger partial charge in [0.05, 0.1) is 26.4 Å². The van der Waals surface area contributed by atoms with Gasteiger partial charge in [-0.2, -0.15) is 0 Å². The molecule has 0 aliphatic heterocycles. The molecular formula is C89H156O16P2. The second-order valence-corrected chi connectivity index (χ2v) is 31.5. The Bertz CT molecular complexity index is 2430. The summed E-state index contributed by atoms with van der Waals surface area (Å²) in [5.41, 5.74) is 0. The molecular weight excluding hydrogens is 1390 g/mol. The van der Waals surface area contributed by atoms with Crippen molar-refractivity contribution in [2.24, 2.45) is 0 Å². The lowest BCUT2D eigenvalue weighted by Crippen LogP contribution is -2.30. The van der Waals surface area contributed by atoms with Gasteiger partial charge in [-0.3, -0.25) is 32.5 Å². The van der Waals surface area contributed by atoms with Gasteiger partial charge in [0.2, 0.25) is 0 Å². The summed E-state index contributed by atoms with van der Waals surface area (Å²) in [7, 11) is -9.79. The van der Waals surface area contributed by atoms with Crippen LogP contribution in [0.15, 0.2) is 122 Å². The van der Waals surface area contributed by atoms with Gasteiger partial charge in [-0.15, -0.1) is 0 Å². The van der Waals surface area contributed by atoms with Crippen molar-refractivity contribution in [1.29, 1.82) is 0 Å². The highest BCUT2D eigenvalue weighted by Gasteiger charge is 2.29. The maximum Gasteiger partial charge on any atom is 0.472 e. The summed E-state index contributed by atoms with van der Waals surface area (Å²) < 4.78 is 61.3. The molecule has 618 valence electrons. The van der Waals surface area contributed by atoms with Crippen LogP contribution >= 0.6 is 15.6 Å². The number of hydrogen-bond acceptors (Lipinski definition) is 14.